The standard InChI is InChI=1S/C25H36ClN3O2/c1-5-29(15-19-9-7-6-8-10-19)23-13-20(26)12-21(18(23)4)24(30)27-14-22-16(2)11-17(3)28-25(22)31/h12-14,16-17,19H,5-11,15H2,1-4H3,(H,27,30)(H,28,31)/b22-14-. The van der Waals surface area contributed by atoms with E-state index < -0.39 is 0 Å². The van der Waals surface area contributed by atoms with E-state index in [0.717, 1.165) is 30.8 Å². The van der Waals surface area contributed by atoms with Gasteiger partial charge in [-0.25, -0.2) is 0 Å². The van der Waals surface area contributed by atoms with Gasteiger partial charge in [0.25, 0.3) is 5.91 Å². The van der Waals surface area contributed by atoms with E-state index >= 15 is 0 Å². The van der Waals surface area contributed by atoms with Crippen LogP contribution in [0.1, 0.15) is 75.2 Å². The van der Waals surface area contributed by atoms with Gasteiger partial charge in [-0.05, 0) is 69.6 Å². The van der Waals surface area contributed by atoms with E-state index in [4.69, 9.17) is 11.6 Å². The molecule has 1 aliphatic carbocycles. The highest BCUT2D eigenvalue weighted by molar-refractivity contribution is 6.31. The van der Waals surface area contributed by atoms with Crippen molar-refractivity contribution in [3.05, 3.63) is 40.1 Å². The molecule has 3 rings (SSSR count). The smallest absolute Gasteiger partial charge is 0.255 e. The van der Waals surface area contributed by atoms with Crippen molar-refractivity contribution in [2.75, 3.05) is 18.0 Å². The lowest BCUT2D eigenvalue weighted by molar-refractivity contribution is -0.119. The average molecular weight is 446 g/mol. The number of hydrogen-bond acceptors (Lipinski definition) is 3. The molecule has 6 heteroatoms. The van der Waals surface area contributed by atoms with Gasteiger partial charge in [-0.15, -0.1) is 0 Å². The highest BCUT2D eigenvalue weighted by Gasteiger charge is 2.27. The first-order valence-electron chi connectivity index (χ1n) is 11.7. The van der Waals surface area contributed by atoms with Gasteiger partial charge in [0.1, 0.15) is 0 Å². The Kier molecular flexibility index (Phi) is 8.04. The molecule has 2 unspecified atom stereocenters. The largest absolute Gasteiger partial charge is 0.371 e. The van der Waals surface area contributed by atoms with Gasteiger partial charge < -0.3 is 15.5 Å². The van der Waals surface area contributed by atoms with Crippen molar-refractivity contribution in [1.29, 1.82) is 0 Å². The average Bonchev–Trinajstić information content (AvgIpc) is 2.73. The second-order valence-electron chi connectivity index (χ2n) is 9.22. The number of halogens is 1. The van der Waals surface area contributed by atoms with Crippen LogP contribution in [0.5, 0.6) is 0 Å². The van der Waals surface area contributed by atoms with E-state index in [1.54, 1.807) is 12.3 Å². The van der Waals surface area contributed by atoms with Crippen LogP contribution in [0.25, 0.3) is 0 Å². The summed E-state index contributed by atoms with van der Waals surface area (Å²) in [4.78, 5) is 27.7. The van der Waals surface area contributed by atoms with Gasteiger partial charge in [0.2, 0.25) is 5.91 Å². The molecule has 2 atom stereocenters. The maximum atomic E-state index is 13.0. The molecule has 0 spiro atoms. The quantitative estimate of drug-likeness (QED) is 0.590. The molecule has 2 amide bonds. The van der Waals surface area contributed by atoms with Crippen LogP contribution >= 0.6 is 11.6 Å². The molecule has 170 valence electrons. The molecule has 2 N–H and O–H groups in total. The lowest BCUT2D eigenvalue weighted by atomic mass is 9.88. The third kappa shape index (κ3) is 5.82. The van der Waals surface area contributed by atoms with Crippen molar-refractivity contribution in [1.82, 2.24) is 10.6 Å². The second-order valence-corrected chi connectivity index (χ2v) is 9.66. The number of benzene rings is 1. The summed E-state index contributed by atoms with van der Waals surface area (Å²) >= 11 is 6.43. The summed E-state index contributed by atoms with van der Waals surface area (Å²) in [5.41, 5.74) is 3.11. The zero-order chi connectivity index (χ0) is 22.5. The fourth-order valence-electron chi connectivity index (χ4n) is 4.98. The number of carbonyl (C=O) groups is 2. The molecule has 1 saturated heterocycles. The predicted molar refractivity (Wildman–Crippen MR) is 128 cm³/mol. The number of hydrogen-bond donors (Lipinski definition) is 2. The normalized spacial score (nSPS) is 23.5. The Morgan fingerprint density at radius 2 is 1.97 bits per heavy atom. The van der Waals surface area contributed by atoms with E-state index in [1.165, 1.54) is 32.1 Å². The van der Waals surface area contributed by atoms with Gasteiger partial charge in [-0.1, -0.05) is 37.8 Å². The zero-order valence-electron chi connectivity index (χ0n) is 19.3. The Labute approximate surface area is 191 Å². The fraction of sp³-hybridized carbons (Fsp3) is 0.600. The number of nitrogens with zero attached hydrogens (tertiary/aromatic N) is 1. The summed E-state index contributed by atoms with van der Waals surface area (Å²) in [6, 6.07) is 3.84. The third-order valence-electron chi connectivity index (χ3n) is 6.75. The van der Waals surface area contributed by atoms with Crippen LogP contribution in [0.4, 0.5) is 5.69 Å². The maximum Gasteiger partial charge on any atom is 0.255 e. The maximum absolute atomic E-state index is 13.0. The summed E-state index contributed by atoms with van der Waals surface area (Å²) < 4.78 is 0. The minimum atomic E-state index is -0.235. The summed E-state index contributed by atoms with van der Waals surface area (Å²) in [6.07, 6.45) is 8.93. The third-order valence-corrected chi connectivity index (χ3v) is 6.97. The van der Waals surface area contributed by atoms with Crippen molar-refractivity contribution in [3.8, 4) is 0 Å². The van der Waals surface area contributed by atoms with Crippen LogP contribution in [-0.4, -0.2) is 30.9 Å². The van der Waals surface area contributed by atoms with Crippen LogP contribution < -0.4 is 15.5 Å². The van der Waals surface area contributed by atoms with E-state index in [0.29, 0.717) is 22.1 Å². The first-order valence-corrected chi connectivity index (χ1v) is 12.0. The van der Waals surface area contributed by atoms with Gasteiger partial charge in [0, 0.05) is 47.2 Å². The van der Waals surface area contributed by atoms with Crippen molar-refractivity contribution < 1.29 is 9.59 Å². The van der Waals surface area contributed by atoms with E-state index in [2.05, 4.69) is 22.5 Å². The van der Waals surface area contributed by atoms with Crippen LogP contribution in [0.15, 0.2) is 23.9 Å². The molecule has 5 nitrogen and oxygen atoms in total. The van der Waals surface area contributed by atoms with Crippen LogP contribution in [-0.2, 0) is 4.79 Å². The SMILES string of the molecule is CCN(CC1CCCCC1)c1cc(Cl)cc(C(=O)N/C=C2\C(=O)NC(C)CC2C)c1C. The minimum absolute atomic E-state index is 0.103. The predicted octanol–water partition coefficient (Wildman–Crippen LogP) is 5.21. The van der Waals surface area contributed by atoms with Gasteiger partial charge in [0.05, 0.1) is 0 Å². The Morgan fingerprint density at radius 1 is 1.26 bits per heavy atom. The van der Waals surface area contributed by atoms with Gasteiger partial charge in [0.15, 0.2) is 0 Å². The zero-order valence-corrected chi connectivity index (χ0v) is 20.0. The van der Waals surface area contributed by atoms with Crippen LogP contribution in [0, 0.1) is 18.8 Å². The summed E-state index contributed by atoms with van der Waals surface area (Å²) in [5.74, 6) is 0.453. The molecule has 0 bridgehead atoms. The Bertz CT molecular complexity index is 845. The summed E-state index contributed by atoms with van der Waals surface area (Å²) in [6.45, 7) is 10.0. The molecule has 31 heavy (non-hydrogen) atoms. The van der Waals surface area contributed by atoms with Crippen LogP contribution in [0.2, 0.25) is 5.02 Å². The fourth-order valence-corrected chi connectivity index (χ4v) is 5.20. The highest BCUT2D eigenvalue weighted by atomic mass is 35.5. The second kappa shape index (κ2) is 10.5. The van der Waals surface area contributed by atoms with Gasteiger partial charge >= 0.3 is 0 Å². The Hall–Kier alpha value is -2.01. The number of carbonyl (C=O) groups excluding carboxylic acids is 2. The molecular formula is C25H36ClN3O2. The molecule has 2 aliphatic rings. The number of anilines is 1. The topological polar surface area (TPSA) is 61.4 Å². The highest BCUT2D eigenvalue weighted by Crippen LogP contribution is 2.31. The minimum Gasteiger partial charge on any atom is -0.371 e. The molecule has 2 fully saturated rings. The van der Waals surface area contributed by atoms with Crippen molar-refractivity contribution >= 4 is 29.1 Å². The molecule has 1 saturated carbocycles. The molecule has 1 aliphatic heterocycles. The Balaban J connectivity index is 1.79. The monoisotopic (exact) mass is 445 g/mol. The first kappa shape index (κ1) is 23.6. The number of nitrogens with one attached hydrogen (secondary N) is 2. The molecule has 0 aromatic heterocycles. The van der Waals surface area contributed by atoms with Gasteiger partial charge in [-0.2, -0.15) is 0 Å². The molecule has 0 radical (unpaired) electrons. The van der Waals surface area contributed by atoms with Crippen molar-refractivity contribution in [2.45, 2.75) is 72.3 Å². The van der Waals surface area contributed by atoms with Crippen molar-refractivity contribution in [2.24, 2.45) is 11.8 Å². The number of amides is 2. The molecule has 1 aromatic carbocycles. The van der Waals surface area contributed by atoms with E-state index in [1.807, 2.05) is 26.8 Å². The molecule has 1 heterocycles. The first-order chi connectivity index (χ1) is 14.8. The summed E-state index contributed by atoms with van der Waals surface area (Å²) in [5, 5.41) is 6.32. The molecule has 1 aromatic rings. The molecular weight excluding hydrogens is 410 g/mol. The van der Waals surface area contributed by atoms with Crippen LogP contribution in [0.3, 0.4) is 0 Å². The van der Waals surface area contributed by atoms with Gasteiger partial charge in [-0.3, -0.25) is 9.59 Å². The lowest BCUT2D eigenvalue weighted by Gasteiger charge is -2.32. The van der Waals surface area contributed by atoms with E-state index in [-0.39, 0.29) is 23.8 Å². The number of piperidine rings is 1. The number of rotatable bonds is 6. The summed E-state index contributed by atoms with van der Waals surface area (Å²) in [7, 11) is 0. The van der Waals surface area contributed by atoms with Crippen molar-refractivity contribution in [3.63, 3.8) is 0 Å². The Morgan fingerprint density at radius 3 is 2.61 bits per heavy atom. The van der Waals surface area contributed by atoms with E-state index in [9.17, 15) is 9.59 Å². The lowest BCUT2D eigenvalue weighted by Crippen LogP contribution is -2.42.